The number of hydrogen-bond acceptors (Lipinski definition) is 4. The summed E-state index contributed by atoms with van der Waals surface area (Å²) >= 11 is 5.98. The van der Waals surface area contributed by atoms with Crippen LogP contribution >= 0.6 is 11.6 Å². The lowest BCUT2D eigenvalue weighted by atomic mass is 10.0. The molecule has 1 amide bonds. The Balaban J connectivity index is 2.00. The van der Waals surface area contributed by atoms with Crippen molar-refractivity contribution in [3.8, 4) is 22.6 Å². The third kappa shape index (κ3) is 4.38. The molecule has 140 valence electrons. The minimum Gasteiger partial charge on any atom is -0.464 e. The van der Waals surface area contributed by atoms with Gasteiger partial charge in [-0.25, -0.2) is 0 Å². The third-order valence-electron chi connectivity index (χ3n) is 4.37. The highest BCUT2D eigenvalue weighted by Crippen LogP contribution is 2.32. The number of aromatic nitrogens is 1. The molecule has 0 aliphatic heterocycles. The summed E-state index contributed by atoms with van der Waals surface area (Å²) in [5.41, 5.74) is 2.67. The number of aliphatic hydroxyl groups excluding tert-OH is 1. The van der Waals surface area contributed by atoms with Crippen molar-refractivity contribution >= 4 is 17.5 Å². The molecule has 0 aliphatic rings. The van der Waals surface area contributed by atoms with E-state index in [1.807, 2.05) is 32.0 Å². The van der Waals surface area contributed by atoms with Crippen molar-refractivity contribution in [3.05, 3.63) is 65.5 Å². The van der Waals surface area contributed by atoms with E-state index in [9.17, 15) is 9.90 Å². The second kappa shape index (κ2) is 8.37. The number of furan rings is 1. The van der Waals surface area contributed by atoms with Gasteiger partial charge in [-0.05, 0) is 36.2 Å². The Labute approximate surface area is 163 Å². The summed E-state index contributed by atoms with van der Waals surface area (Å²) in [5, 5.41) is 12.9. The van der Waals surface area contributed by atoms with E-state index in [0.29, 0.717) is 27.6 Å². The van der Waals surface area contributed by atoms with Crippen LogP contribution in [0.3, 0.4) is 0 Å². The van der Waals surface area contributed by atoms with Crippen LogP contribution in [0.25, 0.3) is 22.6 Å². The van der Waals surface area contributed by atoms with Crippen LogP contribution in [0.1, 0.15) is 24.2 Å². The first kappa shape index (κ1) is 19.1. The number of nitrogens with one attached hydrogen (secondary N) is 1. The summed E-state index contributed by atoms with van der Waals surface area (Å²) in [6.45, 7) is 3.76. The summed E-state index contributed by atoms with van der Waals surface area (Å²) in [6, 6.07) is 12.4. The molecule has 27 heavy (non-hydrogen) atoms. The molecule has 0 saturated heterocycles. The third-order valence-corrected chi connectivity index (χ3v) is 4.62. The maximum absolute atomic E-state index is 12.6. The van der Waals surface area contributed by atoms with Crippen molar-refractivity contribution in [2.24, 2.45) is 5.92 Å². The van der Waals surface area contributed by atoms with Gasteiger partial charge in [-0.15, -0.1) is 0 Å². The molecule has 0 radical (unpaired) electrons. The molecule has 0 saturated carbocycles. The van der Waals surface area contributed by atoms with Gasteiger partial charge in [-0.2, -0.15) is 0 Å². The van der Waals surface area contributed by atoms with Crippen molar-refractivity contribution < 1.29 is 14.3 Å². The fraction of sp³-hybridized carbons (Fsp3) is 0.238. The molecule has 2 heterocycles. The zero-order valence-corrected chi connectivity index (χ0v) is 15.9. The quantitative estimate of drug-likeness (QED) is 0.660. The molecule has 2 N–H and O–H groups in total. The molecular weight excluding hydrogens is 364 g/mol. The Hall–Kier alpha value is -2.63. The van der Waals surface area contributed by atoms with Crippen LogP contribution in [0, 0.1) is 5.92 Å². The minimum atomic E-state index is -0.319. The molecule has 5 nitrogen and oxygen atoms in total. The monoisotopic (exact) mass is 384 g/mol. The maximum atomic E-state index is 12.6. The number of carbonyl (C=O) groups is 1. The van der Waals surface area contributed by atoms with Crippen LogP contribution < -0.4 is 5.32 Å². The highest BCUT2D eigenvalue weighted by Gasteiger charge is 2.19. The molecule has 0 spiro atoms. The molecule has 3 rings (SSSR count). The Kier molecular flexibility index (Phi) is 5.94. The number of halogens is 1. The van der Waals surface area contributed by atoms with Gasteiger partial charge in [-0.3, -0.25) is 9.78 Å². The predicted octanol–water partition coefficient (Wildman–Crippen LogP) is 4.41. The molecule has 2 aromatic heterocycles. The van der Waals surface area contributed by atoms with Crippen LogP contribution in [-0.2, 0) is 0 Å². The minimum absolute atomic E-state index is 0.116. The van der Waals surface area contributed by atoms with E-state index < -0.39 is 0 Å². The molecule has 0 fully saturated rings. The second-order valence-electron chi connectivity index (χ2n) is 6.61. The van der Waals surface area contributed by atoms with E-state index in [4.69, 9.17) is 16.0 Å². The first-order valence-electron chi connectivity index (χ1n) is 8.71. The van der Waals surface area contributed by atoms with E-state index in [-0.39, 0.29) is 24.5 Å². The lowest BCUT2D eigenvalue weighted by molar-refractivity contribution is 0.0896. The number of carbonyl (C=O) groups excluding carboxylic acids is 1. The van der Waals surface area contributed by atoms with Gasteiger partial charge >= 0.3 is 0 Å². The largest absolute Gasteiger partial charge is 0.464 e. The number of nitrogens with zero attached hydrogens (tertiary/aromatic N) is 1. The topological polar surface area (TPSA) is 75.4 Å². The van der Waals surface area contributed by atoms with Crippen LogP contribution in [-0.4, -0.2) is 28.6 Å². The van der Waals surface area contributed by atoms with Gasteiger partial charge in [0.05, 0.1) is 30.2 Å². The summed E-state index contributed by atoms with van der Waals surface area (Å²) in [6.07, 6.45) is 3.11. The molecule has 0 aliphatic carbocycles. The van der Waals surface area contributed by atoms with Crippen LogP contribution in [0.4, 0.5) is 0 Å². The number of hydrogen-bond donors (Lipinski definition) is 2. The second-order valence-corrected chi connectivity index (χ2v) is 7.05. The Bertz CT molecular complexity index is 906. The number of benzene rings is 1. The van der Waals surface area contributed by atoms with Crippen LogP contribution in [0.2, 0.25) is 5.02 Å². The van der Waals surface area contributed by atoms with Gasteiger partial charge in [0.2, 0.25) is 0 Å². The summed E-state index contributed by atoms with van der Waals surface area (Å²) in [7, 11) is 0. The van der Waals surface area contributed by atoms with Crippen molar-refractivity contribution in [1.82, 2.24) is 10.3 Å². The fourth-order valence-corrected chi connectivity index (χ4v) is 2.85. The average molecular weight is 385 g/mol. The summed E-state index contributed by atoms with van der Waals surface area (Å²) < 4.78 is 5.54. The van der Waals surface area contributed by atoms with E-state index >= 15 is 0 Å². The van der Waals surface area contributed by atoms with Gasteiger partial charge in [-0.1, -0.05) is 37.6 Å². The molecule has 6 heteroatoms. The normalized spacial score (nSPS) is 12.2. The van der Waals surface area contributed by atoms with Crippen LogP contribution in [0.5, 0.6) is 0 Å². The van der Waals surface area contributed by atoms with Gasteiger partial charge in [0.15, 0.2) is 0 Å². The average Bonchev–Trinajstić information content (AvgIpc) is 3.20. The summed E-state index contributed by atoms with van der Waals surface area (Å²) in [4.78, 5) is 17.1. The number of rotatable bonds is 6. The van der Waals surface area contributed by atoms with Crippen molar-refractivity contribution in [3.63, 3.8) is 0 Å². The first-order valence-corrected chi connectivity index (χ1v) is 9.09. The maximum Gasteiger partial charge on any atom is 0.253 e. The Morgan fingerprint density at radius 2 is 2.00 bits per heavy atom. The number of amides is 1. The number of pyridine rings is 1. The molecule has 0 unspecified atom stereocenters. The fourth-order valence-electron chi connectivity index (χ4n) is 2.72. The van der Waals surface area contributed by atoms with E-state index in [1.165, 1.54) is 6.20 Å². The highest BCUT2D eigenvalue weighted by atomic mass is 35.5. The van der Waals surface area contributed by atoms with Crippen molar-refractivity contribution in [1.29, 1.82) is 0 Å². The van der Waals surface area contributed by atoms with E-state index in [2.05, 4.69) is 10.3 Å². The van der Waals surface area contributed by atoms with Crippen LogP contribution in [0.15, 0.2) is 59.3 Å². The van der Waals surface area contributed by atoms with Crippen molar-refractivity contribution in [2.75, 3.05) is 6.61 Å². The Morgan fingerprint density at radius 1 is 1.26 bits per heavy atom. The first-order chi connectivity index (χ1) is 13.0. The van der Waals surface area contributed by atoms with Gasteiger partial charge in [0.25, 0.3) is 5.91 Å². The van der Waals surface area contributed by atoms with E-state index in [0.717, 1.165) is 5.56 Å². The highest BCUT2D eigenvalue weighted by molar-refractivity contribution is 6.30. The molecule has 1 atom stereocenters. The number of aliphatic hydroxyl groups is 1. The zero-order chi connectivity index (χ0) is 19.4. The summed E-state index contributed by atoms with van der Waals surface area (Å²) in [5.74, 6) is 0.445. The standard InChI is InChI=1S/C21H21ClN2O3/c1-13(2)18(12-25)24-21(26)15-10-17(19-4-3-9-27-19)20(23-11-15)14-5-7-16(22)8-6-14/h3-11,13,18,25H,12H2,1-2H3,(H,24,26)/t18-/m0/s1. The lowest BCUT2D eigenvalue weighted by Gasteiger charge is -2.20. The van der Waals surface area contributed by atoms with Gasteiger partial charge in [0.1, 0.15) is 5.76 Å². The SMILES string of the molecule is CC(C)[C@H](CO)NC(=O)c1cnc(-c2ccc(Cl)cc2)c(-c2ccco2)c1. The Morgan fingerprint density at radius 3 is 2.59 bits per heavy atom. The van der Waals surface area contributed by atoms with Gasteiger partial charge < -0.3 is 14.8 Å². The molecular formula is C21H21ClN2O3. The smallest absolute Gasteiger partial charge is 0.253 e. The molecule has 1 aromatic carbocycles. The van der Waals surface area contributed by atoms with Gasteiger partial charge in [0, 0.05) is 22.3 Å². The van der Waals surface area contributed by atoms with E-state index in [1.54, 1.807) is 30.5 Å². The molecule has 0 bridgehead atoms. The predicted molar refractivity (Wildman–Crippen MR) is 106 cm³/mol. The molecule has 3 aromatic rings. The van der Waals surface area contributed by atoms with Crippen molar-refractivity contribution in [2.45, 2.75) is 19.9 Å². The zero-order valence-electron chi connectivity index (χ0n) is 15.1. The lowest BCUT2D eigenvalue weighted by Crippen LogP contribution is -2.41.